The molecule has 8 nitrogen and oxygen atoms in total. The third-order valence-electron chi connectivity index (χ3n) is 6.47. The van der Waals surface area contributed by atoms with E-state index in [0.29, 0.717) is 16.3 Å². The van der Waals surface area contributed by atoms with Gasteiger partial charge in [-0.2, -0.15) is 0 Å². The smallest absolute Gasteiger partial charge is 0.326 e. The zero-order valence-electron chi connectivity index (χ0n) is 18.4. The third-order valence-corrected chi connectivity index (χ3v) is 7.66. The van der Waals surface area contributed by atoms with Crippen LogP contribution in [0.25, 0.3) is 0 Å². The van der Waals surface area contributed by atoms with Gasteiger partial charge in [0.15, 0.2) is 0 Å². The monoisotopic (exact) mass is 500 g/mol. The van der Waals surface area contributed by atoms with Crippen LogP contribution in [0.15, 0.2) is 60.0 Å². The molecule has 2 saturated carbocycles. The molecule has 3 N–H and O–H groups in total. The van der Waals surface area contributed by atoms with Crippen molar-refractivity contribution < 1.29 is 27.8 Å². The number of hydrogen-bond donors (Lipinski definition) is 2. The van der Waals surface area contributed by atoms with E-state index < -0.39 is 40.9 Å². The molecular weight excluding hydrogens is 478 g/mol. The van der Waals surface area contributed by atoms with Crippen LogP contribution in [0.5, 0.6) is 0 Å². The van der Waals surface area contributed by atoms with Crippen molar-refractivity contribution in [2.75, 3.05) is 0 Å². The summed E-state index contributed by atoms with van der Waals surface area (Å²) in [5, 5.41) is 6.95. The van der Waals surface area contributed by atoms with Crippen LogP contribution in [-0.2, 0) is 32.3 Å². The number of thioether (sulfide) groups is 1. The molecule has 5 atom stereocenters. The summed E-state index contributed by atoms with van der Waals surface area (Å²) in [5.74, 6) is -3.35. The number of ether oxygens (including phenoxy) is 2. The Morgan fingerprint density at radius 2 is 1.74 bits per heavy atom. The number of nitrogens with zero attached hydrogens (tertiary/aromatic N) is 2. The lowest BCUT2D eigenvalue weighted by atomic mass is 9.91. The second-order valence-corrected chi connectivity index (χ2v) is 9.96. The Kier molecular flexibility index (Phi) is 6.28. The number of carbonyl (C=O) groups is 2. The molecule has 0 amide bonds. The van der Waals surface area contributed by atoms with Crippen LogP contribution in [0.1, 0.15) is 17.5 Å². The van der Waals surface area contributed by atoms with Crippen LogP contribution in [0.4, 0.5) is 8.78 Å². The molecule has 0 aliphatic heterocycles. The summed E-state index contributed by atoms with van der Waals surface area (Å²) in [7, 11) is 0. The van der Waals surface area contributed by atoms with Crippen molar-refractivity contribution in [1.82, 2.24) is 15.2 Å². The van der Waals surface area contributed by atoms with E-state index in [-0.39, 0.29) is 30.8 Å². The second kappa shape index (κ2) is 9.38. The number of esters is 2. The number of carbonyl (C=O) groups excluding carboxylic acids is 2. The van der Waals surface area contributed by atoms with Gasteiger partial charge < -0.3 is 15.2 Å². The van der Waals surface area contributed by atoms with Crippen molar-refractivity contribution in [2.45, 2.75) is 35.6 Å². The van der Waals surface area contributed by atoms with Gasteiger partial charge in [-0.1, -0.05) is 36.0 Å². The summed E-state index contributed by atoms with van der Waals surface area (Å²) in [6, 6.07) is 11.5. The van der Waals surface area contributed by atoms with E-state index in [4.69, 9.17) is 15.2 Å². The Morgan fingerprint density at radius 3 is 2.34 bits per heavy atom. The molecule has 0 saturated heterocycles. The Labute approximate surface area is 203 Å². The van der Waals surface area contributed by atoms with Crippen LogP contribution < -0.4 is 5.73 Å². The van der Waals surface area contributed by atoms with Gasteiger partial charge in [-0.3, -0.25) is 14.7 Å². The first-order chi connectivity index (χ1) is 16.8. The van der Waals surface area contributed by atoms with E-state index in [1.807, 2.05) is 0 Å². The number of benzene rings is 2. The van der Waals surface area contributed by atoms with Crippen molar-refractivity contribution in [3.63, 3.8) is 0 Å². The molecule has 0 spiro atoms. The maximum absolute atomic E-state index is 13.5. The van der Waals surface area contributed by atoms with Crippen LogP contribution in [0.3, 0.4) is 0 Å². The highest BCUT2D eigenvalue weighted by molar-refractivity contribution is 7.99. The first-order valence-electron chi connectivity index (χ1n) is 11.0. The minimum Gasteiger partial charge on any atom is -0.461 e. The molecular formula is C24H22F2N4O4S. The zero-order chi connectivity index (χ0) is 24.6. The van der Waals surface area contributed by atoms with E-state index >= 15 is 0 Å². The van der Waals surface area contributed by atoms with E-state index in [1.165, 1.54) is 54.5 Å². The normalized spacial score (nSPS) is 26.7. The van der Waals surface area contributed by atoms with Gasteiger partial charge in [-0.25, -0.2) is 13.8 Å². The lowest BCUT2D eigenvalue weighted by Crippen LogP contribution is -2.51. The number of fused-ring (bicyclic) bond motifs is 1. The summed E-state index contributed by atoms with van der Waals surface area (Å²) in [5.41, 5.74) is 6.18. The van der Waals surface area contributed by atoms with Crippen LogP contribution >= 0.6 is 11.8 Å². The summed E-state index contributed by atoms with van der Waals surface area (Å²) in [6.07, 6.45) is 1.70. The van der Waals surface area contributed by atoms with Crippen molar-refractivity contribution in [1.29, 1.82) is 0 Å². The quantitative estimate of drug-likeness (QED) is 0.453. The minimum absolute atomic E-state index is 0.0904. The molecule has 11 heteroatoms. The highest BCUT2D eigenvalue weighted by atomic mass is 32.2. The fourth-order valence-corrected chi connectivity index (χ4v) is 6.23. The SMILES string of the molecule is N[C@@]1(C(=O)OCc2cccc(F)c2)C[C@H](Sc2nc[nH]n2)[C@H]2[C@H](C(=O)OCc3cccc(F)c3)[C@H]21. The molecule has 2 aromatic carbocycles. The van der Waals surface area contributed by atoms with Crippen molar-refractivity contribution in [3.8, 4) is 0 Å². The van der Waals surface area contributed by atoms with E-state index in [9.17, 15) is 18.4 Å². The molecule has 1 heterocycles. The van der Waals surface area contributed by atoms with Gasteiger partial charge in [0.25, 0.3) is 0 Å². The summed E-state index contributed by atoms with van der Waals surface area (Å²) < 4.78 is 37.8. The van der Waals surface area contributed by atoms with Gasteiger partial charge in [-0.05, 0) is 47.7 Å². The number of halogens is 2. The number of rotatable bonds is 8. The molecule has 0 bridgehead atoms. The summed E-state index contributed by atoms with van der Waals surface area (Å²) in [6.45, 7) is -0.229. The Morgan fingerprint density at radius 1 is 1.09 bits per heavy atom. The highest BCUT2D eigenvalue weighted by Gasteiger charge is 2.74. The van der Waals surface area contributed by atoms with Crippen LogP contribution in [-0.4, -0.2) is 37.9 Å². The van der Waals surface area contributed by atoms with Crippen molar-refractivity contribution in [3.05, 3.63) is 77.6 Å². The van der Waals surface area contributed by atoms with Gasteiger partial charge >= 0.3 is 11.9 Å². The Hall–Kier alpha value is -3.31. The van der Waals surface area contributed by atoms with E-state index in [0.717, 1.165) is 0 Å². The van der Waals surface area contributed by atoms with Gasteiger partial charge in [0.05, 0.1) is 5.92 Å². The molecule has 2 fully saturated rings. The number of nitrogens with one attached hydrogen (secondary N) is 1. The fourth-order valence-electron chi connectivity index (χ4n) is 4.89. The molecule has 0 radical (unpaired) electrons. The number of hydrogen-bond acceptors (Lipinski definition) is 8. The lowest BCUT2D eigenvalue weighted by Gasteiger charge is -2.27. The standard InChI is InChI=1S/C24H22F2N4O4S/c25-15-5-1-3-13(7-15)10-33-21(31)19-18-17(35-23-28-12-29-30-23)9-24(27,20(18)19)22(32)34-11-14-4-2-6-16(26)8-14/h1-8,12,17-20H,9-11,27H2,(H,28,29,30)/t17-,18-,19-,20-,24-/m0/s1. The topological polar surface area (TPSA) is 120 Å². The molecule has 5 rings (SSSR count). The van der Waals surface area contributed by atoms with Gasteiger partial charge in [-0.15, -0.1) is 5.10 Å². The predicted octanol–water partition coefficient (Wildman–Crippen LogP) is 2.99. The maximum atomic E-state index is 13.5. The molecule has 1 aromatic heterocycles. The number of nitrogens with two attached hydrogens (primary N) is 1. The van der Waals surface area contributed by atoms with Crippen molar-refractivity contribution >= 4 is 23.7 Å². The average molecular weight is 501 g/mol. The third kappa shape index (κ3) is 4.78. The molecule has 35 heavy (non-hydrogen) atoms. The molecule has 2 aliphatic carbocycles. The predicted molar refractivity (Wildman–Crippen MR) is 120 cm³/mol. The Balaban J connectivity index is 1.30. The molecule has 182 valence electrons. The maximum Gasteiger partial charge on any atom is 0.326 e. The average Bonchev–Trinajstić information content (AvgIpc) is 3.26. The van der Waals surface area contributed by atoms with Gasteiger partial charge in [0.2, 0.25) is 5.16 Å². The highest BCUT2D eigenvalue weighted by Crippen LogP contribution is 2.65. The van der Waals surface area contributed by atoms with Crippen LogP contribution in [0.2, 0.25) is 0 Å². The van der Waals surface area contributed by atoms with Gasteiger partial charge in [0, 0.05) is 11.2 Å². The first kappa shape index (κ1) is 23.4. The second-order valence-electron chi connectivity index (χ2n) is 8.76. The van der Waals surface area contributed by atoms with E-state index in [2.05, 4.69) is 15.2 Å². The lowest BCUT2D eigenvalue weighted by molar-refractivity contribution is -0.153. The summed E-state index contributed by atoms with van der Waals surface area (Å²) >= 11 is 1.33. The number of aromatic amines is 1. The number of H-pyrrole nitrogens is 1. The van der Waals surface area contributed by atoms with E-state index in [1.54, 1.807) is 12.1 Å². The molecule has 2 aliphatic rings. The van der Waals surface area contributed by atoms with Gasteiger partial charge in [0.1, 0.15) is 36.7 Å². The molecule has 3 aromatic rings. The van der Waals surface area contributed by atoms with Crippen LogP contribution in [0, 0.1) is 29.4 Å². The summed E-state index contributed by atoms with van der Waals surface area (Å²) in [4.78, 5) is 30.2. The van der Waals surface area contributed by atoms with Crippen molar-refractivity contribution in [2.24, 2.45) is 23.5 Å². The minimum atomic E-state index is -1.42. The zero-order valence-corrected chi connectivity index (χ0v) is 19.2. The first-order valence-corrected chi connectivity index (χ1v) is 11.9. The fraction of sp³-hybridized carbons (Fsp3) is 0.333. The number of aromatic nitrogens is 3. The largest absolute Gasteiger partial charge is 0.461 e. The molecule has 0 unspecified atom stereocenters. The Bertz CT molecular complexity index is 1240.